The number of benzene rings is 1. The van der Waals surface area contributed by atoms with Gasteiger partial charge < -0.3 is 10.2 Å². The molecule has 1 amide bonds. The predicted molar refractivity (Wildman–Crippen MR) is 96.8 cm³/mol. The van der Waals surface area contributed by atoms with Gasteiger partial charge in [-0.15, -0.1) is 0 Å². The molecule has 6 nitrogen and oxygen atoms in total. The van der Waals surface area contributed by atoms with Crippen molar-refractivity contribution >= 4 is 15.9 Å². The molecule has 0 saturated carbocycles. The van der Waals surface area contributed by atoms with Crippen LogP contribution in [0.5, 0.6) is 0 Å². The summed E-state index contributed by atoms with van der Waals surface area (Å²) in [6.07, 6.45) is 1.21. The van der Waals surface area contributed by atoms with Gasteiger partial charge in [0, 0.05) is 45.2 Å². The van der Waals surface area contributed by atoms with E-state index in [2.05, 4.69) is 5.32 Å². The van der Waals surface area contributed by atoms with Gasteiger partial charge in [0.25, 0.3) is 0 Å². The first kappa shape index (κ1) is 18.4. The third-order valence-corrected chi connectivity index (χ3v) is 7.24. The Morgan fingerprint density at radius 1 is 1.04 bits per heavy atom. The molecule has 0 atom stereocenters. The molecule has 0 unspecified atom stereocenters. The maximum Gasteiger partial charge on any atom is 0.243 e. The molecule has 0 bridgehead atoms. The number of piperidine rings is 1. The average Bonchev–Trinajstić information content (AvgIpc) is 2.64. The third-order valence-electron chi connectivity index (χ3n) is 5.35. The van der Waals surface area contributed by atoms with E-state index in [4.69, 9.17) is 0 Å². The molecule has 25 heavy (non-hydrogen) atoms. The van der Waals surface area contributed by atoms with Crippen molar-refractivity contribution in [2.24, 2.45) is 5.92 Å². The lowest BCUT2D eigenvalue weighted by Crippen LogP contribution is -2.50. The molecule has 7 heteroatoms. The van der Waals surface area contributed by atoms with Crippen LogP contribution in [0.25, 0.3) is 0 Å². The van der Waals surface area contributed by atoms with E-state index in [9.17, 15) is 13.2 Å². The molecule has 2 heterocycles. The van der Waals surface area contributed by atoms with E-state index in [-0.39, 0.29) is 11.8 Å². The summed E-state index contributed by atoms with van der Waals surface area (Å²) >= 11 is 0. The number of nitrogens with one attached hydrogen (secondary N) is 1. The van der Waals surface area contributed by atoms with Crippen LogP contribution >= 0.6 is 0 Å². The summed E-state index contributed by atoms with van der Waals surface area (Å²) in [7, 11) is -3.48. The van der Waals surface area contributed by atoms with Gasteiger partial charge >= 0.3 is 0 Å². The van der Waals surface area contributed by atoms with E-state index in [1.165, 1.54) is 4.31 Å². The molecular formula is C18H27N3O3S. The fraction of sp³-hybridized carbons (Fsp3) is 0.611. The highest BCUT2D eigenvalue weighted by Crippen LogP contribution is 2.26. The summed E-state index contributed by atoms with van der Waals surface area (Å²) in [6, 6.07) is 5.27. The van der Waals surface area contributed by atoms with Crippen molar-refractivity contribution in [3.8, 4) is 0 Å². The first-order valence-electron chi connectivity index (χ1n) is 8.96. The maximum atomic E-state index is 12.9. The number of aryl methyl sites for hydroxylation is 2. The summed E-state index contributed by atoms with van der Waals surface area (Å²) in [5.41, 5.74) is 2.06. The monoisotopic (exact) mass is 365 g/mol. The van der Waals surface area contributed by atoms with Gasteiger partial charge in [-0.1, -0.05) is 6.07 Å². The van der Waals surface area contributed by atoms with Crippen molar-refractivity contribution in [3.63, 3.8) is 0 Å². The number of nitrogens with zero attached hydrogens (tertiary/aromatic N) is 2. The zero-order chi connectivity index (χ0) is 18.0. The minimum Gasteiger partial charge on any atom is -0.340 e. The number of amides is 1. The Morgan fingerprint density at radius 2 is 1.68 bits per heavy atom. The second kappa shape index (κ2) is 7.43. The number of hydrogen-bond acceptors (Lipinski definition) is 4. The largest absolute Gasteiger partial charge is 0.340 e. The van der Waals surface area contributed by atoms with Crippen LogP contribution in [0.1, 0.15) is 24.0 Å². The van der Waals surface area contributed by atoms with Crippen molar-refractivity contribution in [3.05, 3.63) is 29.3 Å². The predicted octanol–water partition coefficient (Wildman–Crippen LogP) is 1.14. The minimum absolute atomic E-state index is 0.0516. The second-order valence-corrected chi connectivity index (χ2v) is 8.94. The lowest BCUT2D eigenvalue weighted by atomic mass is 9.96. The summed E-state index contributed by atoms with van der Waals surface area (Å²) in [4.78, 5) is 14.9. The smallest absolute Gasteiger partial charge is 0.243 e. The number of piperazine rings is 1. The highest BCUT2D eigenvalue weighted by molar-refractivity contribution is 7.89. The van der Waals surface area contributed by atoms with Crippen LogP contribution in [-0.2, 0) is 14.8 Å². The first-order valence-corrected chi connectivity index (χ1v) is 10.4. The van der Waals surface area contributed by atoms with Crippen LogP contribution in [-0.4, -0.2) is 62.8 Å². The quantitative estimate of drug-likeness (QED) is 0.872. The summed E-state index contributed by atoms with van der Waals surface area (Å²) in [5, 5.41) is 3.24. The van der Waals surface area contributed by atoms with Gasteiger partial charge in [0.1, 0.15) is 0 Å². The molecule has 0 aliphatic carbocycles. The number of carbonyl (C=O) groups excluding carboxylic acids is 1. The van der Waals surface area contributed by atoms with Crippen molar-refractivity contribution in [2.45, 2.75) is 31.6 Å². The molecule has 2 aliphatic rings. The molecule has 3 rings (SSSR count). The van der Waals surface area contributed by atoms with Crippen molar-refractivity contribution < 1.29 is 13.2 Å². The Bertz CT molecular complexity index is 734. The second-order valence-electron chi connectivity index (χ2n) is 7.00. The highest BCUT2D eigenvalue weighted by atomic mass is 32.2. The van der Waals surface area contributed by atoms with Gasteiger partial charge in [-0.05, 0) is 49.9 Å². The molecule has 1 N–H and O–H groups in total. The highest BCUT2D eigenvalue weighted by Gasteiger charge is 2.34. The molecule has 138 valence electrons. The number of rotatable bonds is 3. The van der Waals surface area contributed by atoms with Crippen molar-refractivity contribution in [2.75, 3.05) is 39.3 Å². The van der Waals surface area contributed by atoms with Crippen molar-refractivity contribution in [1.82, 2.24) is 14.5 Å². The Balaban J connectivity index is 1.64. The number of hydrogen-bond donors (Lipinski definition) is 1. The van der Waals surface area contributed by atoms with Crippen molar-refractivity contribution in [1.29, 1.82) is 0 Å². The third kappa shape index (κ3) is 3.88. The van der Waals surface area contributed by atoms with Gasteiger partial charge in [0.15, 0.2) is 0 Å². The standard InChI is InChI=1S/C18H27N3O3S/c1-14-3-4-17(13-15(14)2)25(23,24)21-9-5-16(6-10-21)18(22)20-11-7-19-8-12-20/h3-4,13,16,19H,5-12H2,1-2H3. The Hall–Kier alpha value is -1.44. The fourth-order valence-electron chi connectivity index (χ4n) is 3.51. The topological polar surface area (TPSA) is 69.7 Å². The summed E-state index contributed by atoms with van der Waals surface area (Å²) in [5.74, 6) is 0.133. The number of sulfonamides is 1. The zero-order valence-corrected chi connectivity index (χ0v) is 15.8. The molecular weight excluding hydrogens is 338 g/mol. The Labute approximate surface area is 150 Å². The van der Waals surface area contributed by atoms with Crippen LogP contribution in [0.2, 0.25) is 0 Å². The Morgan fingerprint density at radius 3 is 2.28 bits per heavy atom. The molecule has 0 radical (unpaired) electrons. The van der Waals surface area contributed by atoms with E-state index >= 15 is 0 Å². The van der Waals surface area contributed by atoms with Gasteiger partial charge in [0.05, 0.1) is 4.90 Å². The first-order chi connectivity index (χ1) is 11.9. The molecule has 2 fully saturated rings. The van der Waals surface area contributed by atoms with Gasteiger partial charge in [-0.25, -0.2) is 8.42 Å². The average molecular weight is 365 g/mol. The zero-order valence-electron chi connectivity index (χ0n) is 15.0. The molecule has 2 aliphatic heterocycles. The van der Waals surface area contributed by atoms with E-state index in [1.807, 2.05) is 24.8 Å². The van der Waals surface area contributed by atoms with E-state index in [0.717, 1.165) is 37.3 Å². The van der Waals surface area contributed by atoms with E-state index in [1.54, 1.807) is 12.1 Å². The molecule has 0 aromatic heterocycles. The van der Waals surface area contributed by atoms with E-state index < -0.39 is 10.0 Å². The lowest BCUT2D eigenvalue weighted by molar-refractivity contribution is -0.137. The molecule has 1 aromatic carbocycles. The van der Waals surface area contributed by atoms with Gasteiger partial charge in [0.2, 0.25) is 15.9 Å². The summed E-state index contributed by atoms with van der Waals surface area (Å²) in [6.45, 7) is 7.90. The van der Waals surface area contributed by atoms with Crippen LogP contribution in [0.4, 0.5) is 0 Å². The maximum absolute atomic E-state index is 12.9. The summed E-state index contributed by atoms with van der Waals surface area (Å²) < 4.78 is 27.2. The normalized spacial score (nSPS) is 20.6. The van der Waals surface area contributed by atoms with Crippen LogP contribution in [0, 0.1) is 19.8 Å². The number of carbonyl (C=O) groups is 1. The van der Waals surface area contributed by atoms with Gasteiger partial charge in [-0.2, -0.15) is 4.31 Å². The lowest BCUT2D eigenvalue weighted by Gasteiger charge is -2.35. The molecule has 0 spiro atoms. The molecule has 1 aromatic rings. The minimum atomic E-state index is -3.48. The van der Waals surface area contributed by atoms with Crippen LogP contribution in [0.3, 0.4) is 0 Å². The molecule has 2 saturated heterocycles. The van der Waals surface area contributed by atoms with Gasteiger partial charge in [-0.3, -0.25) is 4.79 Å². The van der Waals surface area contributed by atoms with Crippen LogP contribution < -0.4 is 5.32 Å². The van der Waals surface area contributed by atoms with Crippen LogP contribution in [0.15, 0.2) is 23.1 Å². The SMILES string of the molecule is Cc1ccc(S(=O)(=O)N2CCC(C(=O)N3CCNCC3)CC2)cc1C. The Kier molecular flexibility index (Phi) is 5.46. The fourth-order valence-corrected chi connectivity index (χ4v) is 5.07. The van der Waals surface area contributed by atoms with E-state index in [0.29, 0.717) is 30.8 Å².